The van der Waals surface area contributed by atoms with Gasteiger partial charge in [0.15, 0.2) is 0 Å². The molecule has 4 nitrogen and oxygen atoms in total. The smallest absolute Gasteiger partial charge is 0.253 e. The van der Waals surface area contributed by atoms with Crippen LogP contribution in [0.15, 0.2) is 42.5 Å². The molecule has 1 amide bonds. The molecule has 1 fully saturated rings. The van der Waals surface area contributed by atoms with Crippen LogP contribution in [0.25, 0.3) is 0 Å². The van der Waals surface area contributed by atoms with E-state index in [1.165, 1.54) is 5.56 Å². The number of nitrogens with zero attached hydrogens (tertiary/aromatic N) is 1. The first-order valence-corrected chi connectivity index (χ1v) is 8.22. The Balaban J connectivity index is 1.80. The largest absolute Gasteiger partial charge is 0.397 e. The molecule has 1 saturated heterocycles. The van der Waals surface area contributed by atoms with Crippen LogP contribution < -0.4 is 11.1 Å². The molecule has 0 atom stereocenters. The predicted octanol–water partition coefficient (Wildman–Crippen LogP) is 3.81. The molecular weight excluding hydrogens is 286 g/mol. The number of nitrogens with two attached hydrogens (primary N) is 1. The summed E-state index contributed by atoms with van der Waals surface area (Å²) in [5, 5.41) is 3.38. The number of aryl methyl sites for hydroxylation is 1. The summed E-state index contributed by atoms with van der Waals surface area (Å²) in [6, 6.07) is 13.7. The van der Waals surface area contributed by atoms with Crippen molar-refractivity contribution >= 4 is 23.0 Å². The zero-order valence-electron chi connectivity index (χ0n) is 13.5. The third kappa shape index (κ3) is 3.31. The Morgan fingerprint density at radius 2 is 1.87 bits per heavy atom. The molecule has 23 heavy (non-hydrogen) atoms. The van der Waals surface area contributed by atoms with Crippen LogP contribution >= 0.6 is 0 Å². The van der Waals surface area contributed by atoms with Gasteiger partial charge in [0.25, 0.3) is 5.91 Å². The van der Waals surface area contributed by atoms with Crippen molar-refractivity contribution in [3.63, 3.8) is 0 Å². The highest BCUT2D eigenvalue weighted by molar-refractivity contribution is 5.96. The molecule has 0 radical (unpaired) electrons. The van der Waals surface area contributed by atoms with E-state index in [9.17, 15) is 4.79 Å². The van der Waals surface area contributed by atoms with Crippen molar-refractivity contribution in [1.29, 1.82) is 0 Å². The molecule has 1 heterocycles. The summed E-state index contributed by atoms with van der Waals surface area (Å²) < 4.78 is 0. The number of carbonyl (C=O) groups excluding carboxylic acids is 1. The second-order valence-electron chi connectivity index (χ2n) is 5.94. The lowest BCUT2D eigenvalue weighted by Crippen LogP contribution is -2.27. The Hall–Kier alpha value is -2.49. The zero-order chi connectivity index (χ0) is 16.2. The van der Waals surface area contributed by atoms with Gasteiger partial charge in [-0.15, -0.1) is 0 Å². The summed E-state index contributed by atoms with van der Waals surface area (Å²) in [6.45, 7) is 3.83. The second-order valence-corrected chi connectivity index (χ2v) is 5.94. The highest BCUT2D eigenvalue weighted by Gasteiger charge is 2.20. The second kappa shape index (κ2) is 6.73. The van der Waals surface area contributed by atoms with E-state index in [4.69, 9.17) is 5.73 Å². The number of anilines is 3. The van der Waals surface area contributed by atoms with Crippen molar-refractivity contribution in [2.45, 2.75) is 26.2 Å². The van der Waals surface area contributed by atoms with Gasteiger partial charge in [-0.3, -0.25) is 4.79 Å². The van der Waals surface area contributed by atoms with E-state index < -0.39 is 0 Å². The average molecular weight is 309 g/mol. The Morgan fingerprint density at radius 3 is 2.57 bits per heavy atom. The van der Waals surface area contributed by atoms with Crippen molar-refractivity contribution in [2.75, 3.05) is 24.1 Å². The van der Waals surface area contributed by atoms with Gasteiger partial charge >= 0.3 is 0 Å². The standard InChI is InChI=1S/C19H23N3O/c1-2-14-7-3-4-8-17(14)21-18-10-9-15(13-16(18)20)19(23)22-11-5-6-12-22/h3-4,7-10,13,21H,2,5-6,11-12,20H2,1H3. The number of nitrogen functional groups attached to an aromatic ring is 1. The number of nitrogens with one attached hydrogen (secondary N) is 1. The van der Waals surface area contributed by atoms with Gasteiger partial charge in [-0.2, -0.15) is 0 Å². The summed E-state index contributed by atoms with van der Waals surface area (Å²) in [4.78, 5) is 14.3. The molecule has 2 aromatic rings. The SMILES string of the molecule is CCc1ccccc1Nc1ccc(C(=O)N2CCCC2)cc1N. The van der Waals surface area contributed by atoms with Gasteiger partial charge in [0.2, 0.25) is 0 Å². The summed E-state index contributed by atoms with van der Waals surface area (Å²) in [6.07, 6.45) is 3.14. The van der Waals surface area contributed by atoms with Gasteiger partial charge < -0.3 is 16.0 Å². The van der Waals surface area contributed by atoms with E-state index in [1.807, 2.05) is 35.2 Å². The molecular formula is C19H23N3O. The number of para-hydroxylation sites is 1. The predicted molar refractivity (Wildman–Crippen MR) is 95.1 cm³/mol. The van der Waals surface area contributed by atoms with Crippen molar-refractivity contribution < 1.29 is 4.79 Å². The number of rotatable bonds is 4. The summed E-state index contributed by atoms with van der Waals surface area (Å²) in [7, 11) is 0. The lowest BCUT2D eigenvalue weighted by molar-refractivity contribution is 0.0793. The highest BCUT2D eigenvalue weighted by atomic mass is 16.2. The van der Waals surface area contributed by atoms with Gasteiger partial charge in [-0.1, -0.05) is 25.1 Å². The minimum absolute atomic E-state index is 0.0784. The van der Waals surface area contributed by atoms with Crippen LogP contribution in [0.3, 0.4) is 0 Å². The highest BCUT2D eigenvalue weighted by Crippen LogP contribution is 2.27. The van der Waals surface area contributed by atoms with Crippen LogP contribution in [0, 0.1) is 0 Å². The van der Waals surface area contributed by atoms with Crippen molar-refractivity contribution in [1.82, 2.24) is 4.90 Å². The summed E-state index contributed by atoms with van der Waals surface area (Å²) in [5.74, 6) is 0.0784. The lowest BCUT2D eigenvalue weighted by Gasteiger charge is -2.17. The fraction of sp³-hybridized carbons (Fsp3) is 0.316. The topological polar surface area (TPSA) is 58.4 Å². The van der Waals surface area contributed by atoms with Gasteiger partial charge in [0.05, 0.1) is 11.4 Å². The molecule has 0 spiro atoms. The Morgan fingerprint density at radius 1 is 1.13 bits per heavy atom. The molecule has 1 aliphatic heterocycles. The fourth-order valence-corrected chi connectivity index (χ4v) is 3.01. The molecule has 0 saturated carbocycles. The normalized spacial score (nSPS) is 14.0. The number of hydrogen-bond acceptors (Lipinski definition) is 3. The van der Waals surface area contributed by atoms with Crippen LogP contribution in [-0.2, 0) is 6.42 Å². The van der Waals surface area contributed by atoms with Crippen molar-refractivity contribution in [3.05, 3.63) is 53.6 Å². The Bertz CT molecular complexity index is 706. The first-order valence-electron chi connectivity index (χ1n) is 8.22. The molecule has 3 N–H and O–H groups in total. The third-order valence-electron chi connectivity index (χ3n) is 4.36. The average Bonchev–Trinajstić information content (AvgIpc) is 3.11. The first-order chi connectivity index (χ1) is 11.2. The van der Waals surface area contributed by atoms with Gasteiger partial charge in [-0.05, 0) is 49.1 Å². The molecule has 0 aromatic heterocycles. The van der Waals surface area contributed by atoms with Crippen LogP contribution in [-0.4, -0.2) is 23.9 Å². The molecule has 0 aliphatic carbocycles. The number of likely N-dealkylation sites (tertiary alicyclic amines) is 1. The van der Waals surface area contributed by atoms with E-state index in [0.717, 1.165) is 43.7 Å². The number of hydrogen-bond donors (Lipinski definition) is 2. The maximum absolute atomic E-state index is 12.4. The van der Waals surface area contributed by atoms with Gasteiger partial charge in [0, 0.05) is 24.3 Å². The van der Waals surface area contributed by atoms with E-state index >= 15 is 0 Å². The summed E-state index contributed by atoms with van der Waals surface area (Å²) >= 11 is 0. The maximum atomic E-state index is 12.4. The molecule has 0 unspecified atom stereocenters. The monoisotopic (exact) mass is 309 g/mol. The van der Waals surface area contributed by atoms with E-state index in [1.54, 1.807) is 6.07 Å². The van der Waals surface area contributed by atoms with Gasteiger partial charge in [-0.25, -0.2) is 0 Å². The minimum Gasteiger partial charge on any atom is -0.397 e. The maximum Gasteiger partial charge on any atom is 0.253 e. The van der Waals surface area contributed by atoms with E-state index in [-0.39, 0.29) is 5.91 Å². The molecule has 2 aromatic carbocycles. The van der Waals surface area contributed by atoms with Crippen molar-refractivity contribution in [2.24, 2.45) is 0 Å². The zero-order valence-corrected chi connectivity index (χ0v) is 13.5. The number of benzene rings is 2. The Kier molecular flexibility index (Phi) is 4.51. The minimum atomic E-state index is 0.0784. The van der Waals surface area contributed by atoms with Crippen molar-refractivity contribution in [3.8, 4) is 0 Å². The number of amides is 1. The quantitative estimate of drug-likeness (QED) is 0.844. The first kappa shape index (κ1) is 15.4. The molecule has 3 rings (SSSR count). The molecule has 0 bridgehead atoms. The molecule has 4 heteroatoms. The molecule has 1 aliphatic rings. The lowest BCUT2D eigenvalue weighted by atomic mass is 10.1. The fourth-order valence-electron chi connectivity index (χ4n) is 3.01. The van der Waals surface area contributed by atoms with Crippen LogP contribution in [0.1, 0.15) is 35.7 Å². The van der Waals surface area contributed by atoms with E-state index in [0.29, 0.717) is 11.3 Å². The van der Waals surface area contributed by atoms with Crippen LogP contribution in [0.2, 0.25) is 0 Å². The third-order valence-corrected chi connectivity index (χ3v) is 4.36. The van der Waals surface area contributed by atoms with Crippen LogP contribution in [0.5, 0.6) is 0 Å². The number of carbonyl (C=O) groups is 1. The van der Waals surface area contributed by atoms with Gasteiger partial charge in [0.1, 0.15) is 0 Å². The Labute approximate surface area is 137 Å². The van der Waals surface area contributed by atoms with E-state index in [2.05, 4.69) is 18.3 Å². The van der Waals surface area contributed by atoms with Crippen LogP contribution in [0.4, 0.5) is 17.1 Å². The summed E-state index contributed by atoms with van der Waals surface area (Å²) in [5.41, 5.74) is 10.6. The molecule has 120 valence electrons.